The zero-order chi connectivity index (χ0) is 14.4. The molecule has 0 aliphatic heterocycles. The Hall–Kier alpha value is -1.53. The van der Waals surface area contributed by atoms with Crippen LogP contribution in [-0.4, -0.2) is 31.1 Å². The van der Waals surface area contributed by atoms with Gasteiger partial charge in [0.1, 0.15) is 18.4 Å². The minimum atomic E-state index is 0.613. The molecule has 1 aliphatic rings. The minimum Gasteiger partial charge on any atom is -0.491 e. The molecular weight excluding hydrogens is 248 g/mol. The highest BCUT2D eigenvalue weighted by Crippen LogP contribution is 2.26. The third-order valence-corrected chi connectivity index (χ3v) is 4.32. The highest BCUT2D eigenvalue weighted by Gasteiger charge is 2.21. The zero-order valence-electron chi connectivity index (χ0n) is 12.5. The van der Waals surface area contributed by atoms with Gasteiger partial charge in [-0.2, -0.15) is 5.26 Å². The van der Waals surface area contributed by atoms with Gasteiger partial charge in [0.25, 0.3) is 0 Å². The Morgan fingerprint density at radius 1 is 1.25 bits per heavy atom. The Morgan fingerprint density at radius 2 is 1.95 bits per heavy atom. The molecule has 0 N–H and O–H groups in total. The summed E-state index contributed by atoms with van der Waals surface area (Å²) in [7, 11) is 2.18. The molecule has 2 rings (SSSR count). The van der Waals surface area contributed by atoms with Gasteiger partial charge in [-0.1, -0.05) is 19.1 Å². The molecule has 0 amide bonds. The number of hydrogen-bond acceptors (Lipinski definition) is 3. The number of ether oxygens (including phenoxy) is 1. The van der Waals surface area contributed by atoms with Gasteiger partial charge in [0.05, 0.1) is 5.56 Å². The van der Waals surface area contributed by atoms with E-state index in [4.69, 9.17) is 10.00 Å². The Labute approximate surface area is 122 Å². The normalized spacial score (nSPS) is 22.5. The number of likely N-dealkylation sites (N-methyl/N-ethyl adjacent to an activating group) is 1. The molecule has 0 radical (unpaired) electrons. The van der Waals surface area contributed by atoms with E-state index in [0.29, 0.717) is 24.0 Å². The molecule has 1 aliphatic carbocycles. The van der Waals surface area contributed by atoms with Crippen molar-refractivity contribution in [2.75, 3.05) is 20.2 Å². The first-order valence-corrected chi connectivity index (χ1v) is 7.53. The second-order valence-electron chi connectivity index (χ2n) is 5.85. The van der Waals surface area contributed by atoms with Gasteiger partial charge >= 0.3 is 0 Å². The molecule has 1 fully saturated rings. The summed E-state index contributed by atoms with van der Waals surface area (Å²) < 4.78 is 5.75. The smallest absolute Gasteiger partial charge is 0.137 e. The lowest BCUT2D eigenvalue weighted by molar-refractivity contribution is 0.145. The van der Waals surface area contributed by atoms with Gasteiger partial charge in [0.2, 0.25) is 0 Å². The van der Waals surface area contributed by atoms with Crippen molar-refractivity contribution in [3.05, 3.63) is 29.8 Å². The zero-order valence-corrected chi connectivity index (χ0v) is 12.5. The maximum Gasteiger partial charge on any atom is 0.137 e. The van der Waals surface area contributed by atoms with E-state index < -0.39 is 0 Å². The third kappa shape index (κ3) is 3.98. The lowest BCUT2D eigenvalue weighted by Gasteiger charge is -2.33. The van der Waals surface area contributed by atoms with Crippen LogP contribution < -0.4 is 4.74 Å². The van der Waals surface area contributed by atoms with Crippen LogP contribution >= 0.6 is 0 Å². The van der Waals surface area contributed by atoms with E-state index in [0.717, 1.165) is 12.5 Å². The number of nitrogens with zero attached hydrogens (tertiary/aromatic N) is 2. The van der Waals surface area contributed by atoms with Gasteiger partial charge in [0.15, 0.2) is 0 Å². The van der Waals surface area contributed by atoms with E-state index >= 15 is 0 Å². The lowest BCUT2D eigenvalue weighted by atomic mass is 9.87. The summed E-state index contributed by atoms with van der Waals surface area (Å²) in [6.07, 6.45) is 5.28. The molecule has 20 heavy (non-hydrogen) atoms. The van der Waals surface area contributed by atoms with E-state index in [1.165, 1.54) is 25.7 Å². The van der Waals surface area contributed by atoms with Gasteiger partial charge in [0, 0.05) is 12.6 Å². The molecule has 3 nitrogen and oxygen atoms in total. The monoisotopic (exact) mass is 272 g/mol. The van der Waals surface area contributed by atoms with Crippen LogP contribution in [0.1, 0.15) is 38.2 Å². The summed E-state index contributed by atoms with van der Waals surface area (Å²) in [4.78, 5) is 2.40. The number of rotatable bonds is 5. The largest absolute Gasteiger partial charge is 0.491 e. The fourth-order valence-electron chi connectivity index (χ4n) is 2.85. The fraction of sp³-hybridized carbons (Fsp3) is 0.588. The maximum absolute atomic E-state index is 9.02. The molecule has 1 aromatic rings. The number of benzene rings is 1. The molecule has 3 heteroatoms. The van der Waals surface area contributed by atoms with E-state index in [-0.39, 0.29) is 0 Å². The van der Waals surface area contributed by atoms with Crippen molar-refractivity contribution in [1.29, 1.82) is 5.26 Å². The van der Waals surface area contributed by atoms with Crippen LogP contribution in [0.4, 0.5) is 0 Å². The summed E-state index contributed by atoms with van der Waals surface area (Å²) in [6, 6.07) is 10.3. The average molecular weight is 272 g/mol. The summed E-state index contributed by atoms with van der Waals surface area (Å²) in [5.74, 6) is 1.58. The second-order valence-corrected chi connectivity index (χ2v) is 5.85. The molecule has 0 unspecified atom stereocenters. The number of hydrogen-bond donors (Lipinski definition) is 0. The van der Waals surface area contributed by atoms with Gasteiger partial charge in [-0.3, -0.25) is 0 Å². The Balaban J connectivity index is 1.77. The highest BCUT2D eigenvalue weighted by molar-refractivity contribution is 5.42. The fourth-order valence-corrected chi connectivity index (χ4v) is 2.85. The lowest BCUT2D eigenvalue weighted by Crippen LogP contribution is -2.37. The van der Waals surface area contributed by atoms with Crippen LogP contribution in [0, 0.1) is 17.2 Å². The summed E-state index contributed by atoms with van der Waals surface area (Å²) in [5.41, 5.74) is 0.613. The Bertz CT molecular complexity index is 458. The molecule has 1 saturated carbocycles. The molecule has 0 spiro atoms. The first-order chi connectivity index (χ1) is 9.70. The first kappa shape index (κ1) is 14.9. The Morgan fingerprint density at radius 3 is 2.65 bits per heavy atom. The van der Waals surface area contributed by atoms with Crippen LogP contribution in [0.15, 0.2) is 24.3 Å². The first-order valence-electron chi connectivity index (χ1n) is 7.53. The van der Waals surface area contributed by atoms with Crippen molar-refractivity contribution in [3.8, 4) is 11.8 Å². The predicted octanol–water partition coefficient (Wildman–Crippen LogP) is 3.45. The second kappa shape index (κ2) is 7.31. The molecule has 0 aromatic heterocycles. The van der Waals surface area contributed by atoms with Crippen LogP contribution in [-0.2, 0) is 0 Å². The van der Waals surface area contributed by atoms with Gasteiger partial charge < -0.3 is 9.64 Å². The van der Waals surface area contributed by atoms with Crippen LogP contribution in [0.3, 0.4) is 0 Å². The summed E-state index contributed by atoms with van der Waals surface area (Å²) in [6.45, 7) is 3.90. The molecule has 0 heterocycles. The van der Waals surface area contributed by atoms with E-state index in [1.807, 2.05) is 18.2 Å². The van der Waals surface area contributed by atoms with Crippen molar-refractivity contribution < 1.29 is 4.74 Å². The molecule has 108 valence electrons. The highest BCUT2D eigenvalue weighted by atomic mass is 16.5. The van der Waals surface area contributed by atoms with Crippen LogP contribution in [0.2, 0.25) is 0 Å². The maximum atomic E-state index is 9.02. The third-order valence-electron chi connectivity index (χ3n) is 4.32. The predicted molar refractivity (Wildman–Crippen MR) is 80.7 cm³/mol. The summed E-state index contributed by atoms with van der Waals surface area (Å²) >= 11 is 0. The van der Waals surface area contributed by atoms with Crippen molar-refractivity contribution in [1.82, 2.24) is 4.90 Å². The SMILES string of the molecule is CC1CCC(N(C)CCOc2ccccc2C#N)CC1. The molecule has 0 saturated heterocycles. The molecule has 0 atom stereocenters. The van der Waals surface area contributed by atoms with Gasteiger partial charge in [-0.15, -0.1) is 0 Å². The molecule has 1 aromatic carbocycles. The van der Waals surface area contributed by atoms with Crippen molar-refractivity contribution in [2.24, 2.45) is 5.92 Å². The van der Waals surface area contributed by atoms with Crippen LogP contribution in [0.5, 0.6) is 5.75 Å². The number of nitriles is 1. The van der Waals surface area contributed by atoms with E-state index in [1.54, 1.807) is 6.07 Å². The standard InChI is InChI=1S/C17H24N2O/c1-14-7-9-16(10-8-14)19(2)11-12-20-17-6-4-3-5-15(17)13-18/h3-6,14,16H,7-12H2,1-2H3. The average Bonchev–Trinajstić information content (AvgIpc) is 2.48. The van der Waals surface area contributed by atoms with E-state index in [2.05, 4.69) is 24.9 Å². The van der Waals surface area contributed by atoms with Crippen LogP contribution in [0.25, 0.3) is 0 Å². The Kier molecular flexibility index (Phi) is 5.43. The van der Waals surface area contributed by atoms with Crippen molar-refractivity contribution in [3.63, 3.8) is 0 Å². The molecular formula is C17H24N2O. The molecule has 0 bridgehead atoms. The topological polar surface area (TPSA) is 36.3 Å². The van der Waals surface area contributed by atoms with Gasteiger partial charge in [-0.05, 0) is 50.8 Å². The summed E-state index contributed by atoms with van der Waals surface area (Å²) in [5, 5.41) is 9.02. The van der Waals surface area contributed by atoms with Crippen molar-refractivity contribution in [2.45, 2.75) is 38.6 Å². The van der Waals surface area contributed by atoms with E-state index in [9.17, 15) is 0 Å². The quantitative estimate of drug-likeness (QED) is 0.823. The number of para-hydroxylation sites is 1. The minimum absolute atomic E-state index is 0.613. The van der Waals surface area contributed by atoms with Gasteiger partial charge in [-0.25, -0.2) is 0 Å². The van der Waals surface area contributed by atoms with Crippen molar-refractivity contribution >= 4 is 0 Å².